The molecule has 0 saturated heterocycles. The lowest BCUT2D eigenvalue weighted by Gasteiger charge is -2.45. The van der Waals surface area contributed by atoms with Crippen LogP contribution in [0.5, 0.6) is 0 Å². The largest absolute Gasteiger partial charge is 0.481 e. The molecule has 5 rings (SSSR count). The second-order valence-electron chi connectivity index (χ2n) is 8.39. The first-order valence-corrected chi connectivity index (χ1v) is 11.7. The summed E-state index contributed by atoms with van der Waals surface area (Å²) in [5.74, 6) is -2.73. The Bertz CT molecular complexity index is 962. The van der Waals surface area contributed by atoms with Crippen molar-refractivity contribution in [3.63, 3.8) is 0 Å². The number of hydrogen-bond acceptors (Lipinski definition) is 5. The van der Waals surface area contributed by atoms with Crippen LogP contribution in [0.4, 0.5) is 5.00 Å². The van der Waals surface area contributed by atoms with E-state index in [1.165, 1.54) is 11.3 Å². The van der Waals surface area contributed by atoms with E-state index in [-0.39, 0.29) is 24.3 Å². The molecule has 1 aromatic carbocycles. The molecule has 31 heavy (non-hydrogen) atoms. The van der Waals surface area contributed by atoms with Gasteiger partial charge < -0.3 is 15.2 Å². The normalized spacial score (nSPS) is 24.5. The van der Waals surface area contributed by atoms with E-state index in [2.05, 4.69) is 5.32 Å². The number of hydrogen-bond donors (Lipinski definition) is 2. The minimum absolute atomic E-state index is 0.0553. The van der Waals surface area contributed by atoms with Crippen LogP contribution in [0, 0.1) is 23.7 Å². The fraction of sp³-hybridized carbons (Fsp3) is 0.458. The lowest BCUT2D eigenvalue weighted by molar-refractivity contribution is -0.156. The summed E-state index contributed by atoms with van der Waals surface area (Å²) in [5, 5.41) is 13.1. The van der Waals surface area contributed by atoms with Crippen LogP contribution in [0.15, 0.2) is 36.4 Å². The van der Waals surface area contributed by atoms with E-state index < -0.39 is 23.8 Å². The van der Waals surface area contributed by atoms with Crippen LogP contribution in [0.25, 0.3) is 0 Å². The van der Waals surface area contributed by atoms with Crippen LogP contribution in [-0.2, 0) is 20.7 Å². The molecule has 1 heterocycles. The van der Waals surface area contributed by atoms with E-state index in [1.807, 2.05) is 30.3 Å². The topological polar surface area (TPSA) is 92.7 Å². The minimum atomic E-state index is -0.892. The molecule has 6 nitrogen and oxygen atoms in total. The summed E-state index contributed by atoms with van der Waals surface area (Å²) in [7, 11) is 0. The van der Waals surface area contributed by atoms with E-state index in [4.69, 9.17) is 4.74 Å². The Morgan fingerprint density at radius 1 is 1.06 bits per heavy atom. The zero-order valence-corrected chi connectivity index (χ0v) is 18.3. The summed E-state index contributed by atoms with van der Waals surface area (Å²) >= 11 is 1.35. The molecule has 3 fully saturated rings. The zero-order chi connectivity index (χ0) is 22.0. The lowest BCUT2D eigenvalue weighted by atomic mass is 9.58. The average Bonchev–Trinajstić information content (AvgIpc) is 3.16. The Kier molecular flexibility index (Phi) is 6.41. The van der Waals surface area contributed by atoms with Gasteiger partial charge in [-0.2, -0.15) is 0 Å². The van der Waals surface area contributed by atoms with E-state index in [9.17, 15) is 19.5 Å². The summed E-state index contributed by atoms with van der Waals surface area (Å²) in [4.78, 5) is 38.6. The highest BCUT2D eigenvalue weighted by atomic mass is 32.1. The van der Waals surface area contributed by atoms with Crippen molar-refractivity contribution in [2.45, 2.75) is 39.0 Å². The van der Waals surface area contributed by atoms with E-state index in [0.717, 1.165) is 36.1 Å². The molecular weight excluding hydrogens is 414 g/mol. The van der Waals surface area contributed by atoms with Crippen LogP contribution in [0.3, 0.4) is 0 Å². The number of carbonyl (C=O) groups is 3. The smallest absolute Gasteiger partial charge is 0.341 e. The molecule has 0 radical (unpaired) electrons. The van der Waals surface area contributed by atoms with Gasteiger partial charge in [0, 0.05) is 11.3 Å². The Morgan fingerprint density at radius 3 is 2.32 bits per heavy atom. The Labute approximate surface area is 185 Å². The van der Waals surface area contributed by atoms with E-state index in [1.54, 1.807) is 13.0 Å². The van der Waals surface area contributed by atoms with Crippen LogP contribution in [0.2, 0.25) is 0 Å². The molecular formula is C24H27NO5S. The number of ether oxygens (including phenoxy) is 1. The van der Waals surface area contributed by atoms with Gasteiger partial charge in [0.25, 0.3) is 0 Å². The first-order chi connectivity index (χ1) is 15.0. The fourth-order valence-electron chi connectivity index (χ4n) is 5.16. The van der Waals surface area contributed by atoms with Gasteiger partial charge in [-0.15, -0.1) is 11.3 Å². The number of thiophene rings is 1. The SMILES string of the molecule is CCOC(=O)c1cc(Cc2ccccc2)sc1NC(=O)[C@@H]1C2CCC(CC2)[C@H]1C(=O)O. The summed E-state index contributed by atoms with van der Waals surface area (Å²) in [6.07, 6.45) is 4.17. The summed E-state index contributed by atoms with van der Waals surface area (Å²) in [6.45, 7) is 1.98. The second-order valence-corrected chi connectivity index (χ2v) is 9.53. The molecule has 1 aromatic heterocycles. The Balaban J connectivity index is 1.59. The molecule has 3 aliphatic carbocycles. The maximum absolute atomic E-state index is 13.3. The molecule has 1 amide bonds. The van der Waals surface area contributed by atoms with Crippen molar-refractivity contribution in [2.24, 2.45) is 23.7 Å². The number of carbonyl (C=O) groups excluding carboxylic acids is 2. The fourth-order valence-corrected chi connectivity index (χ4v) is 6.24. The molecule has 164 valence electrons. The number of anilines is 1. The maximum atomic E-state index is 13.3. The van der Waals surface area contributed by atoms with E-state index >= 15 is 0 Å². The molecule has 3 aliphatic rings. The number of benzene rings is 1. The van der Waals surface area contributed by atoms with Crippen molar-refractivity contribution in [2.75, 3.05) is 11.9 Å². The van der Waals surface area contributed by atoms with Crippen molar-refractivity contribution in [3.05, 3.63) is 52.4 Å². The van der Waals surface area contributed by atoms with Crippen molar-refractivity contribution in [3.8, 4) is 0 Å². The van der Waals surface area contributed by atoms with Crippen molar-refractivity contribution in [1.82, 2.24) is 0 Å². The molecule has 2 aromatic rings. The third-order valence-corrected chi connectivity index (χ3v) is 7.59. The summed E-state index contributed by atoms with van der Waals surface area (Å²) in [6, 6.07) is 11.7. The van der Waals surface area contributed by atoms with Crippen molar-refractivity contribution >= 4 is 34.2 Å². The molecule has 2 N–H and O–H groups in total. The standard InChI is InChI=1S/C24H27NO5S/c1-2-30-24(29)18-13-17(12-14-6-4-3-5-7-14)31-22(18)25-21(26)19-15-8-10-16(11-9-15)20(19)23(27)28/h3-7,13,15-16,19-20H,2,8-12H2,1H3,(H,25,26)(H,27,28)/t15?,16?,19-,20-/m1/s1. The van der Waals surface area contributed by atoms with Gasteiger partial charge in [0.15, 0.2) is 0 Å². The first-order valence-electron chi connectivity index (χ1n) is 10.8. The van der Waals surface area contributed by atoms with Gasteiger partial charge in [-0.25, -0.2) is 4.79 Å². The number of fused-ring (bicyclic) bond motifs is 3. The molecule has 0 unspecified atom stereocenters. The zero-order valence-electron chi connectivity index (χ0n) is 17.5. The Hall–Kier alpha value is -2.67. The third-order valence-electron chi connectivity index (χ3n) is 6.54. The number of esters is 1. The predicted molar refractivity (Wildman–Crippen MR) is 118 cm³/mol. The molecule has 7 heteroatoms. The van der Waals surface area contributed by atoms with Gasteiger partial charge in [0.1, 0.15) is 5.00 Å². The highest BCUT2D eigenvalue weighted by Crippen LogP contribution is 2.49. The van der Waals surface area contributed by atoms with Gasteiger partial charge in [-0.05, 0) is 56.1 Å². The molecule has 2 atom stereocenters. The van der Waals surface area contributed by atoms with Crippen LogP contribution >= 0.6 is 11.3 Å². The summed E-state index contributed by atoms with van der Waals surface area (Å²) < 4.78 is 5.19. The second kappa shape index (κ2) is 9.22. The van der Waals surface area contributed by atoms with Crippen molar-refractivity contribution < 1.29 is 24.2 Å². The molecule has 0 aliphatic heterocycles. The summed E-state index contributed by atoms with van der Waals surface area (Å²) in [5.41, 5.74) is 1.44. The third kappa shape index (κ3) is 4.51. The monoisotopic (exact) mass is 441 g/mol. The number of rotatable bonds is 7. The van der Waals surface area contributed by atoms with Crippen LogP contribution in [-0.4, -0.2) is 29.6 Å². The van der Waals surface area contributed by atoms with Crippen molar-refractivity contribution in [1.29, 1.82) is 0 Å². The number of nitrogens with one attached hydrogen (secondary N) is 1. The number of aliphatic carboxylic acids is 1. The predicted octanol–water partition coefficient (Wildman–Crippen LogP) is 4.59. The quantitative estimate of drug-likeness (QED) is 0.613. The van der Waals surface area contributed by atoms with Gasteiger partial charge in [-0.1, -0.05) is 30.3 Å². The minimum Gasteiger partial charge on any atom is -0.481 e. The lowest BCUT2D eigenvalue weighted by Crippen LogP contribution is -2.49. The van der Waals surface area contributed by atoms with Gasteiger partial charge in [-0.3, -0.25) is 9.59 Å². The van der Waals surface area contributed by atoms with Gasteiger partial charge in [0.2, 0.25) is 5.91 Å². The number of amides is 1. The number of carboxylic acids is 1. The highest BCUT2D eigenvalue weighted by molar-refractivity contribution is 7.16. The molecule has 3 saturated carbocycles. The Morgan fingerprint density at radius 2 is 1.71 bits per heavy atom. The maximum Gasteiger partial charge on any atom is 0.341 e. The van der Waals surface area contributed by atoms with Crippen LogP contribution in [0.1, 0.15) is 53.4 Å². The highest BCUT2D eigenvalue weighted by Gasteiger charge is 2.50. The van der Waals surface area contributed by atoms with E-state index in [0.29, 0.717) is 17.0 Å². The molecule has 2 bridgehead atoms. The van der Waals surface area contributed by atoms with Gasteiger partial charge >= 0.3 is 11.9 Å². The van der Waals surface area contributed by atoms with Gasteiger partial charge in [0.05, 0.1) is 24.0 Å². The molecule has 0 spiro atoms. The van der Waals surface area contributed by atoms with Crippen LogP contribution < -0.4 is 5.32 Å². The average molecular weight is 442 g/mol. The number of carboxylic acid groups (broad SMARTS) is 1. The first kappa shape index (κ1) is 21.6.